The van der Waals surface area contributed by atoms with Crippen LogP contribution in [-0.2, 0) is 16.3 Å². The number of hydrogen-bond acceptors (Lipinski definition) is 3. The minimum absolute atomic E-state index is 0. The lowest BCUT2D eigenvalue weighted by atomic mass is 10.0. The lowest BCUT2D eigenvalue weighted by molar-refractivity contribution is 0.602. The van der Waals surface area contributed by atoms with E-state index in [1.165, 1.54) is 22.6 Å². The number of nitrogens with one attached hydrogen (secondary N) is 2. The Hall–Kier alpha value is -2.13. The third-order valence-electron chi connectivity index (χ3n) is 4.99. The van der Waals surface area contributed by atoms with E-state index in [2.05, 4.69) is 58.9 Å². The predicted molar refractivity (Wildman–Crippen MR) is 140 cm³/mol. The van der Waals surface area contributed by atoms with Crippen molar-refractivity contribution < 1.29 is 8.42 Å². The van der Waals surface area contributed by atoms with Crippen LogP contribution in [0.4, 0.5) is 0 Å². The largest absolute Gasteiger partial charge is 0.357 e. The number of fused-ring (bicyclic) bond motifs is 1. The van der Waals surface area contributed by atoms with Crippen LogP contribution < -0.4 is 10.6 Å². The van der Waals surface area contributed by atoms with Crippen molar-refractivity contribution in [2.75, 3.05) is 19.3 Å². The van der Waals surface area contributed by atoms with E-state index in [1.807, 2.05) is 25.1 Å². The summed E-state index contributed by atoms with van der Waals surface area (Å²) in [5.41, 5.74) is 2.26. The van der Waals surface area contributed by atoms with Crippen molar-refractivity contribution in [2.24, 2.45) is 4.99 Å². The summed E-state index contributed by atoms with van der Waals surface area (Å²) in [6, 6.07) is 22.0. The maximum Gasteiger partial charge on any atom is 0.191 e. The molecule has 0 amide bonds. The fraction of sp³-hybridized carbons (Fsp3) is 0.292. The molecule has 7 heteroatoms. The van der Waals surface area contributed by atoms with Gasteiger partial charge in [-0.25, -0.2) is 8.42 Å². The third kappa shape index (κ3) is 7.21. The van der Waals surface area contributed by atoms with Gasteiger partial charge in [0.05, 0.1) is 10.9 Å². The number of rotatable bonds is 7. The van der Waals surface area contributed by atoms with Gasteiger partial charge in [-0.15, -0.1) is 24.0 Å². The highest BCUT2D eigenvalue weighted by atomic mass is 127. The standard InChI is InChI=1S/C24H29N3O2S.HI/c1-4-25-24(26-16-15-19-9-13-23(14-10-19)30(3,28)29)27-18(2)21-12-11-20-7-5-6-8-22(20)17-21;/h5-14,17-18H,4,15-16H2,1-3H3,(H2,25,26,27);1H. The summed E-state index contributed by atoms with van der Waals surface area (Å²) in [5, 5.41) is 9.23. The van der Waals surface area contributed by atoms with Crippen LogP contribution in [0.5, 0.6) is 0 Å². The van der Waals surface area contributed by atoms with Crippen LogP contribution in [0.2, 0.25) is 0 Å². The second-order valence-electron chi connectivity index (χ2n) is 7.40. The molecule has 0 fully saturated rings. The Bertz CT molecular complexity index is 1130. The molecular formula is C24H30IN3O2S. The van der Waals surface area contributed by atoms with Crippen LogP contribution in [0.1, 0.15) is 31.0 Å². The average molecular weight is 551 g/mol. The third-order valence-corrected chi connectivity index (χ3v) is 6.12. The first-order valence-electron chi connectivity index (χ1n) is 10.2. The second kappa shape index (κ2) is 11.5. The van der Waals surface area contributed by atoms with Crippen molar-refractivity contribution in [2.45, 2.75) is 31.2 Å². The number of sulfone groups is 1. The first-order chi connectivity index (χ1) is 14.4. The van der Waals surface area contributed by atoms with E-state index in [4.69, 9.17) is 0 Å². The molecule has 3 rings (SSSR count). The molecule has 31 heavy (non-hydrogen) atoms. The quantitative estimate of drug-likeness (QED) is 0.253. The zero-order valence-corrected chi connectivity index (χ0v) is 21.3. The lowest BCUT2D eigenvalue weighted by Gasteiger charge is -2.18. The van der Waals surface area contributed by atoms with E-state index < -0.39 is 9.84 Å². The maximum atomic E-state index is 11.6. The fourth-order valence-corrected chi connectivity index (χ4v) is 3.92. The molecule has 0 saturated heterocycles. The number of guanidine groups is 1. The number of halogens is 1. The number of nitrogens with zero attached hydrogens (tertiary/aromatic N) is 1. The first kappa shape index (κ1) is 25.1. The SMILES string of the molecule is CCNC(=NCCc1ccc(S(C)(=O)=O)cc1)NC(C)c1ccc2ccccc2c1.I. The first-order valence-corrected chi connectivity index (χ1v) is 12.1. The summed E-state index contributed by atoms with van der Waals surface area (Å²) in [7, 11) is -3.16. The summed E-state index contributed by atoms with van der Waals surface area (Å²) < 4.78 is 23.1. The molecule has 166 valence electrons. The van der Waals surface area contributed by atoms with Gasteiger partial charge in [0.25, 0.3) is 0 Å². The smallest absolute Gasteiger partial charge is 0.191 e. The molecule has 5 nitrogen and oxygen atoms in total. The highest BCUT2D eigenvalue weighted by Gasteiger charge is 2.09. The van der Waals surface area contributed by atoms with Crippen LogP contribution in [0.3, 0.4) is 0 Å². The summed E-state index contributed by atoms with van der Waals surface area (Å²) in [5.74, 6) is 0.769. The highest BCUT2D eigenvalue weighted by Crippen LogP contribution is 2.20. The Morgan fingerprint density at radius 3 is 2.32 bits per heavy atom. The van der Waals surface area contributed by atoms with Gasteiger partial charge in [0, 0.05) is 19.3 Å². The molecule has 0 heterocycles. The summed E-state index contributed by atoms with van der Waals surface area (Å²) in [4.78, 5) is 5.03. The molecule has 0 spiro atoms. The molecule has 3 aromatic rings. The van der Waals surface area contributed by atoms with Gasteiger partial charge < -0.3 is 10.6 Å². The zero-order valence-electron chi connectivity index (χ0n) is 18.1. The van der Waals surface area contributed by atoms with E-state index in [1.54, 1.807) is 12.1 Å². The van der Waals surface area contributed by atoms with Crippen molar-refractivity contribution >= 4 is 50.5 Å². The molecule has 1 unspecified atom stereocenters. The Balaban J connectivity index is 0.00000341. The van der Waals surface area contributed by atoms with Gasteiger partial charge in [-0.3, -0.25) is 4.99 Å². The number of aliphatic imine (C=N–C) groups is 1. The van der Waals surface area contributed by atoms with Crippen LogP contribution >= 0.6 is 24.0 Å². The summed E-state index contributed by atoms with van der Waals surface area (Å²) in [6.45, 7) is 5.56. The van der Waals surface area contributed by atoms with E-state index in [9.17, 15) is 8.42 Å². The molecule has 0 aromatic heterocycles. The second-order valence-corrected chi connectivity index (χ2v) is 9.42. The van der Waals surface area contributed by atoms with Crippen LogP contribution in [0.25, 0.3) is 10.8 Å². The topological polar surface area (TPSA) is 70.6 Å². The van der Waals surface area contributed by atoms with Gasteiger partial charge in [-0.2, -0.15) is 0 Å². The average Bonchev–Trinajstić information content (AvgIpc) is 2.73. The Kier molecular flexibility index (Phi) is 9.31. The van der Waals surface area contributed by atoms with Crippen molar-refractivity contribution in [3.8, 4) is 0 Å². The van der Waals surface area contributed by atoms with Gasteiger partial charge >= 0.3 is 0 Å². The molecule has 2 N–H and O–H groups in total. The Labute approximate surface area is 202 Å². The van der Waals surface area contributed by atoms with E-state index in [0.717, 1.165) is 24.5 Å². The number of benzene rings is 3. The van der Waals surface area contributed by atoms with E-state index >= 15 is 0 Å². The molecule has 0 aliphatic rings. The van der Waals surface area contributed by atoms with Gasteiger partial charge in [0.2, 0.25) is 0 Å². The van der Waals surface area contributed by atoms with Crippen molar-refractivity contribution in [1.82, 2.24) is 10.6 Å². The molecule has 1 atom stereocenters. The van der Waals surface area contributed by atoms with Gasteiger partial charge in [0.15, 0.2) is 15.8 Å². The molecule has 0 aliphatic heterocycles. The maximum absolute atomic E-state index is 11.6. The lowest BCUT2D eigenvalue weighted by Crippen LogP contribution is -2.38. The minimum Gasteiger partial charge on any atom is -0.357 e. The van der Waals surface area contributed by atoms with Crippen molar-refractivity contribution in [1.29, 1.82) is 0 Å². The van der Waals surface area contributed by atoms with Crippen molar-refractivity contribution in [3.05, 3.63) is 77.9 Å². The molecule has 0 saturated carbocycles. The van der Waals surface area contributed by atoms with Crippen LogP contribution in [0, 0.1) is 0 Å². The Morgan fingerprint density at radius 1 is 1.00 bits per heavy atom. The van der Waals surface area contributed by atoms with Gasteiger partial charge in [-0.05, 0) is 60.4 Å². The normalized spacial score (nSPS) is 12.8. The number of hydrogen-bond donors (Lipinski definition) is 2. The molecule has 0 bridgehead atoms. The summed E-state index contributed by atoms with van der Waals surface area (Å²) in [6.07, 6.45) is 1.96. The molecule has 0 radical (unpaired) electrons. The Morgan fingerprint density at radius 2 is 1.68 bits per heavy atom. The fourth-order valence-electron chi connectivity index (χ4n) is 3.29. The van der Waals surface area contributed by atoms with Crippen LogP contribution in [0.15, 0.2) is 76.6 Å². The zero-order chi connectivity index (χ0) is 21.6. The molecular weight excluding hydrogens is 521 g/mol. The summed E-state index contributed by atoms with van der Waals surface area (Å²) >= 11 is 0. The predicted octanol–water partition coefficient (Wildman–Crippen LogP) is 4.72. The monoisotopic (exact) mass is 551 g/mol. The van der Waals surface area contributed by atoms with Crippen LogP contribution in [-0.4, -0.2) is 33.7 Å². The van der Waals surface area contributed by atoms with Gasteiger partial charge in [-0.1, -0.05) is 48.5 Å². The minimum atomic E-state index is -3.16. The van der Waals surface area contributed by atoms with E-state index in [-0.39, 0.29) is 30.0 Å². The van der Waals surface area contributed by atoms with Gasteiger partial charge in [0.1, 0.15) is 0 Å². The molecule has 3 aromatic carbocycles. The van der Waals surface area contributed by atoms with E-state index in [0.29, 0.717) is 11.4 Å². The molecule has 0 aliphatic carbocycles. The highest BCUT2D eigenvalue weighted by molar-refractivity contribution is 14.0. The van der Waals surface area contributed by atoms with Crippen molar-refractivity contribution in [3.63, 3.8) is 0 Å².